The molecule has 2 rings (SSSR count). The summed E-state index contributed by atoms with van der Waals surface area (Å²) in [5.41, 5.74) is 1.81. The van der Waals surface area contributed by atoms with Gasteiger partial charge in [0, 0.05) is 11.9 Å². The first-order chi connectivity index (χ1) is 16.4. The molecule has 0 unspecified atom stereocenters. The highest BCUT2D eigenvalue weighted by molar-refractivity contribution is 7.99. The van der Waals surface area contributed by atoms with E-state index in [1.54, 1.807) is 41.4 Å². The van der Waals surface area contributed by atoms with Crippen LogP contribution in [0.3, 0.4) is 0 Å². The van der Waals surface area contributed by atoms with Crippen molar-refractivity contribution in [1.82, 2.24) is 15.6 Å². The van der Waals surface area contributed by atoms with E-state index >= 15 is 0 Å². The largest absolute Gasteiger partial charge is 0.443 e. The third kappa shape index (κ3) is 10.7. The number of ether oxygens (including phenoxy) is 1. The fraction of sp³-hybridized carbons (Fsp3) is 0.520. The number of carbonyl (C=O) groups excluding carboxylic acids is 3. The Morgan fingerprint density at radius 2 is 1.97 bits per heavy atom. The number of pyridine rings is 1. The number of ketones is 1. The standard InChI is InChI=1S/C25H35N3O4S2/c1-4-5-9-21(23(29)17-34-16-19-10-12-33-15-19)27-24(30)22(13-18(2)3)28-25(31)32-14-20-8-6-7-11-26-20/h6-8,10-12,15,18,21-22H,4-5,9,13-14,16-17H2,1-3H3,(H,27,30)(H,28,31)/t21-,22-/m0/s1. The highest BCUT2D eigenvalue weighted by Crippen LogP contribution is 2.16. The third-order valence-corrected chi connectivity index (χ3v) is 6.80. The number of nitrogens with zero attached hydrogens (tertiary/aromatic N) is 1. The van der Waals surface area contributed by atoms with E-state index in [0.29, 0.717) is 24.3 Å². The summed E-state index contributed by atoms with van der Waals surface area (Å²) in [4.78, 5) is 42.4. The average molecular weight is 506 g/mol. The number of carbonyl (C=O) groups is 3. The minimum Gasteiger partial charge on any atom is -0.443 e. The van der Waals surface area contributed by atoms with E-state index < -0.39 is 18.2 Å². The van der Waals surface area contributed by atoms with Gasteiger partial charge in [0.05, 0.1) is 17.5 Å². The number of Topliss-reactive ketones (excluding diaryl/α,β-unsaturated/α-hetero) is 1. The average Bonchev–Trinajstić information content (AvgIpc) is 3.33. The normalized spacial score (nSPS) is 12.7. The van der Waals surface area contributed by atoms with Crippen molar-refractivity contribution in [3.05, 3.63) is 52.5 Å². The van der Waals surface area contributed by atoms with Crippen molar-refractivity contribution in [3.8, 4) is 0 Å². The van der Waals surface area contributed by atoms with Crippen LogP contribution in [0.5, 0.6) is 0 Å². The van der Waals surface area contributed by atoms with Crippen molar-refractivity contribution in [1.29, 1.82) is 0 Å². The van der Waals surface area contributed by atoms with Crippen LogP contribution in [0.15, 0.2) is 41.2 Å². The van der Waals surface area contributed by atoms with Gasteiger partial charge in [-0.05, 0) is 53.3 Å². The zero-order valence-corrected chi connectivity index (χ0v) is 21.8. The molecule has 0 fully saturated rings. The van der Waals surface area contributed by atoms with Crippen molar-refractivity contribution in [2.24, 2.45) is 5.92 Å². The lowest BCUT2D eigenvalue weighted by atomic mass is 10.0. The fourth-order valence-electron chi connectivity index (χ4n) is 3.25. The molecule has 0 aliphatic rings. The maximum absolute atomic E-state index is 13.1. The topological polar surface area (TPSA) is 97.4 Å². The van der Waals surface area contributed by atoms with E-state index in [2.05, 4.69) is 27.9 Å². The van der Waals surface area contributed by atoms with Crippen molar-refractivity contribution >= 4 is 40.9 Å². The molecule has 0 saturated carbocycles. The van der Waals surface area contributed by atoms with E-state index in [4.69, 9.17) is 4.74 Å². The molecule has 0 spiro atoms. The number of amides is 2. The van der Waals surface area contributed by atoms with Crippen LogP contribution in [0.25, 0.3) is 0 Å². The van der Waals surface area contributed by atoms with Crippen LogP contribution in [0, 0.1) is 5.92 Å². The number of alkyl carbamates (subject to hydrolysis) is 1. The number of aromatic nitrogens is 1. The summed E-state index contributed by atoms with van der Waals surface area (Å²) in [5, 5.41) is 9.65. The van der Waals surface area contributed by atoms with E-state index in [1.807, 2.05) is 31.4 Å². The molecule has 0 aliphatic carbocycles. The smallest absolute Gasteiger partial charge is 0.408 e. The minimum atomic E-state index is -0.786. The van der Waals surface area contributed by atoms with E-state index in [1.165, 1.54) is 5.56 Å². The van der Waals surface area contributed by atoms with Gasteiger partial charge in [0.15, 0.2) is 5.78 Å². The molecule has 0 bridgehead atoms. The van der Waals surface area contributed by atoms with Gasteiger partial charge >= 0.3 is 6.09 Å². The monoisotopic (exact) mass is 505 g/mol. The zero-order chi connectivity index (χ0) is 24.8. The Kier molecular flexibility index (Phi) is 12.7. The van der Waals surface area contributed by atoms with Gasteiger partial charge in [-0.15, -0.1) is 11.8 Å². The van der Waals surface area contributed by atoms with Crippen molar-refractivity contribution in [2.75, 3.05) is 5.75 Å². The number of rotatable bonds is 15. The SMILES string of the molecule is CCCC[C@H](NC(=O)[C@H](CC(C)C)NC(=O)OCc1ccccn1)C(=O)CSCc1ccsc1. The lowest BCUT2D eigenvalue weighted by molar-refractivity contribution is -0.128. The van der Waals surface area contributed by atoms with Gasteiger partial charge in [-0.25, -0.2) is 4.79 Å². The predicted octanol–water partition coefficient (Wildman–Crippen LogP) is 4.96. The van der Waals surface area contributed by atoms with Gasteiger partial charge in [0.1, 0.15) is 12.6 Å². The van der Waals surface area contributed by atoms with Crippen LogP contribution in [0.4, 0.5) is 4.79 Å². The number of nitrogens with one attached hydrogen (secondary N) is 2. The second-order valence-electron chi connectivity index (χ2n) is 8.52. The van der Waals surface area contributed by atoms with Gasteiger partial charge in [0.25, 0.3) is 0 Å². The van der Waals surface area contributed by atoms with Gasteiger partial charge in [-0.3, -0.25) is 14.6 Å². The summed E-state index contributed by atoms with van der Waals surface area (Å²) >= 11 is 3.19. The maximum atomic E-state index is 13.1. The lowest BCUT2D eigenvalue weighted by Crippen LogP contribution is -2.52. The second kappa shape index (κ2) is 15.5. The molecule has 9 heteroatoms. The zero-order valence-electron chi connectivity index (χ0n) is 20.1. The van der Waals surface area contributed by atoms with Crippen LogP contribution in [0.1, 0.15) is 57.7 Å². The van der Waals surface area contributed by atoms with E-state index in [0.717, 1.165) is 18.6 Å². The summed E-state index contributed by atoms with van der Waals surface area (Å²) in [6, 6.07) is 6.04. The van der Waals surface area contributed by atoms with Crippen LogP contribution < -0.4 is 10.6 Å². The van der Waals surface area contributed by atoms with Crippen LogP contribution in [0.2, 0.25) is 0 Å². The number of hydrogen-bond acceptors (Lipinski definition) is 7. The first-order valence-electron chi connectivity index (χ1n) is 11.6. The van der Waals surface area contributed by atoms with Gasteiger partial charge in [-0.2, -0.15) is 11.3 Å². The molecule has 2 aromatic rings. The highest BCUT2D eigenvalue weighted by atomic mass is 32.2. The van der Waals surface area contributed by atoms with Gasteiger partial charge in [-0.1, -0.05) is 39.7 Å². The third-order valence-electron chi connectivity index (χ3n) is 5.04. The summed E-state index contributed by atoms with van der Waals surface area (Å²) in [5.74, 6) is 0.906. The Morgan fingerprint density at radius 3 is 2.62 bits per heavy atom. The fourth-order valence-corrected chi connectivity index (χ4v) is 4.94. The molecule has 0 saturated heterocycles. The lowest BCUT2D eigenvalue weighted by Gasteiger charge is -2.24. The molecule has 186 valence electrons. The Morgan fingerprint density at radius 1 is 1.15 bits per heavy atom. The number of unbranched alkanes of at least 4 members (excludes halogenated alkanes) is 1. The Balaban J connectivity index is 1.93. The molecule has 7 nitrogen and oxygen atoms in total. The van der Waals surface area contributed by atoms with E-state index in [9.17, 15) is 14.4 Å². The second-order valence-corrected chi connectivity index (χ2v) is 10.3. The molecular formula is C25H35N3O4S2. The molecule has 2 atom stereocenters. The van der Waals surface area contributed by atoms with E-state index in [-0.39, 0.29) is 24.2 Å². The van der Waals surface area contributed by atoms with Crippen molar-refractivity contribution in [3.63, 3.8) is 0 Å². The molecule has 0 radical (unpaired) electrons. The number of thiophene rings is 1. The van der Waals surface area contributed by atoms with Crippen LogP contribution >= 0.6 is 23.1 Å². The minimum absolute atomic E-state index is 0.00283. The van der Waals surface area contributed by atoms with Crippen LogP contribution in [-0.4, -0.2) is 40.6 Å². The molecule has 2 aromatic heterocycles. The maximum Gasteiger partial charge on any atom is 0.408 e. The molecular weight excluding hydrogens is 470 g/mol. The van der Waals surface area contributed by atoms with Crippen molar-refractivity contribution < 1.29 is 19.1 Å². The molecule has 2 N–H and O–H groups in total. The number of thioether (sulfide) groups is 1. The summed E-state index contributed by atoms with van der Waals surface area (Å²) in [6.07, 6.45) is 3.71. The molecule has 2 heterocycles. The van der Waals surface area contributed by atoms with Gasteiger partial charge in [0.2, 0.25) is 5.91 Å². The predicted molar refractivity (Wildman–Crippen MR) is 138 cm³/mol. The molecule has 0 aliphatic heterocycles. The highest BCUT2D eigenvalue weighted by Gasteiger charge is 2.27. The Labute approximate surface area is 210 Å². The summed E-state index contributed by atoms with van der Waals surface area (Å²) in [7, 11) is 0. The quantitative estimate of drug-likeness (QED) is 0.355. The van der Waals surface area contributed by atoms with Crippen molar-refractivity contribution in [2.45, 2.75) is 70.9 Å². The Bertz CT molecular complexity index is 876. The first kappa shape index (κ1) is 27.9. The Hall–Kier alpha value is -2.39. The summed E-state index contributed by atoms with van der Waals surface area (Å²) < 4.78 is 5.23. The number of hydrogen-bond donors (Lipinski definition) is 2. The summed E-state index contributed by atoms with van der Waals surface area (Å²) in [6.45, 7) is 6.01. The molecule has 34 heavy (non-hydrogen) atoms. The van der Waals surface area contributed by atoms with Gasteiger partial charge < -0.3 is 15.4 Å². The molecule has 2 amide bonds. The van der Waals surface area contributed by atoms with Crippen LogP contribution in [-0.2, 0) is 26.7 Å². The molecule has 0 aromatic carbocycles. The first-order valence-corrected chi connectivity index (χ1v) is 13.7.